The molecule has 4 rings (SSSR count). The van der Waals surface area contributed by atoms with E-state index in [-0.39, 0.29) is 5.91 Å². The van der Waals surface area contributed by atoms with Gasteiger partial charge >= 0.3 is 0 Å². The first-order valence-electron chi connectivity index (χ1n) is 10.6. The highest BCUT2D eigenvalue weighted by Gasteiger charge is 2.28. The molecule has 2 aliphatic rings. The summed E-state index contributed by atoms with van der Waals surface area (Å²) in [5.41, 5.74) is 2.85. The van der Waals surface area contributed by atoms with E-state index in [4.69, 9.17) is 4.52 Å². The Balaban J connectivity index is 1.47. The molecule has 1 saturated heterocycles. The molecule has 2 fully saturated rings. The van der Waals surface area contributed by atoms with Crippen molar-refractivity contribution >= 4 is 5.91 Å². The number of benzene rings is 1. The summed E-state index contributed by atoms with van der Waals surface area (Å²) in [6.45, 7) is 2.98. The maximum absolute atomic E-state index is 12.9. The minimum atomic E-state index is 0.00961. The highest BCUT2D eigenvalue weighted by molar-refractivity contribution is 5.93. The van der Waals surface area contributed by atoms with E-state index in [0.717, 1.165) is 31.4 Å². The number of carbonyl (C=O) groups is 1. The summed E-state index contributed by atoms with van der Waals surface area (Å²) >= 11 is 0. The largest absolute Gasteiger partial charge is 0.355 e. The van der Waals surface area contributed by atoms with Crippen LogP contribution in [0.4, 0.5) is 0 Å². The third-order valence-electron chi connectivity index (χ3n) is 6.36. The Morgan fingerprint density at radius 1 is 1.07 bits per heavy atom. The summed E-state index contributed by atoms with van der Waals surface area (Å²) in [6, 6.07) is 10.8. The molecule has 4 nitrogen and oxygen atoms in total. The van der Waals surface area contributed by atoms with E-state index in [9.17, 15) is 4.79 Å². The van der Waals surface area contributed by atoms with Gasteiger partial charge in [-0.2, -0.15) is 0 Å². The van der Waals surface area contributed by atoms with Crippen LogP contribution >= 0.6 is 0 Å². The fourth-order valence-electron chi connectivity index (χ4n) is 4.71. The number of rotatable bonds is 4. The van der Waals surface area contributed by atoms with Gasteiger partial charge in [0.1, 0.15) is 0 Å². The molecule has 4 heteroatoms. The van der Waals surface area contributed by atoms with E-state index in [1.807, 2.05) is 4.90 Å². The van der Waals surface area contributed by atoms with Crippen LogP contribution in [0.2, 0.25) is 0 Å². The van der Waals surface area contributed by atoms with Crippen molar-refractivity contribution < 1.29 is 9.32 Å². The molecule has 2 aromatic rings. The van der Waals surface area contributed by atoms with Crippen molar-refractivity contribution in [3.05, 3.63) is 41.6 Å². The standard InChI is InChI=1S/C23H30N2O2/c1-2-20-10-6-7-15-25(20)23(26)21-16-22(27-24-21)19-13-11-18(12-14-19)17-8-4-3-5-9-17/h11-14,16-17,20H,2-10,15H2,1H3. The summed E-state index contributed by atoms with van der Waals surface area (Å²) in [7, 11) is 0. The lowest BCUT2D eigenvalue weighted by molar-refractivity contribution is 0.0597. The van der Waals surface area contributed by atoms with Crippen LogP contribution in [0.15, 0.2) is 34.9 Å². The molecule has 27 heavy (non-hydrogen) atoms. The number of carbonyl (C=O) groups excluding carboxylic acids is 1. The molecule has 0 spiro atoms. The lowest BCUT2D eigenvalue weighted by atomic mass is 9.84. The molecule has 144 valence electrons. The Morgan fingerprint density at radius 3 is 2.56 bits per heavy atom. The van der Waals surface area contributed by atoms with Gasteiger partial charge in [-0.1, -0.05) is 55.6 Å². The Hall–Kier alpha value is -2.10. The van der Waals surface area contributed by atoms with Crippen LogP contribution in [0.1, 0.15) is 86.7 Å². The second-order valence-corrected chi connectivity index (χ2v) is 8.09. The topological polar surface area (TPSA) is 46.3 Å². The van der Waals surface area contributed by atoms with E-state index < -0.39 is 0 Å². The fourth-order valence-corrected chi connectivity index (χ4v) is 4.71. The Morgan fingerprint density at radius 2 is 1.81 bits per heavy atom. The van der Waals surface area contributed by atoms with E-state index in [0.29, 0.717) is 23.4 Å². The van der Waals surface area contributed by atoms with Crippen LogP contribution in [-0.2, 0) is 0 Å². The van der Waals surface area contributed by atoms with Crippen molar-refractivity contribution in [2.45, 2.75) is 76.7 Å². The maximum Gasteiger partial charge on any atom is 0.276 e. The van der Waals surface area contributed by atoms with Crippen molar-refractivity contribution in [1.82, 2.24) is 10.1 Å². The van der Waals surface area contributed by atoms with E-state index in [1.54, 1.807) is 6.07 Å². The summed E-state index contributed by atoms with van der Waals surface area (Å²) in [4.78, 5) is 14.9. The van der Waals surface area contributed by atoms with Crippen LogP contribution in [0.5, 0.6) is 0 Å². The molecule has 1 aliphatic carbocycles. The first-order valence-corrected chi connectivity index (χ1v) is 10.6. The quantitative estimate of drug-likeness (QED) is 0.687. The average molecular weight is 367 g/mol. The zero-order valence-electron chi connectivity index (χ0n) is 16.3. The van der Waals surface area contributed by atoms with Crippen LogP contribution in [0.25, 0.3) is 11.3 Å². The van der Waals surface area contributed by atoms with Crippen LogP contribution in [0.3, 0.4) is 0 Å². The van der Waals surface area contributed by atoms with Crippen LogP contribution < -0.4 is 0 Å². The Bertz CT molecular complexity index is 759. The molecule has 1 aromatic carbocycles. The van der Waals surface area contributed by atoms with Crippen molar-refractivity contribution in [3.63, 3.8) is 0 Å². The van der Waals surface area contributed by atoms with Gasteiger partial charge in [-0.05, 0) is 50.0 Å². The fraction of sp³-hybridized carbons (Fsp3) is 0.565. The zero-order chi connectivity index (χ0) is 18.6. The molecule has 1 aromatic heterocycles. The molecule has 2 heterocycles. The predicted octanol–water partition coefficient (Wildman–Crippen LogP) is 5.79. The third-order valence-corrected chi connectivity index (χ3v) is 6.36. The van der Waals surface area contributed by atoms with Gasteiger partial charge in [-0.15, -0.1) is 0 Å². The molecule has 1 atom stereocenters. The van der Waals surface area contributed by atoms with Gasteiger partial charge < -0.3 is 9.42 Å². The first-order chi connectivity index (χ1) is 13.3. The summed E-state index contributed by atoms with van der Waals surface area (Å²) in [5.74, 6) is 1.39. The Labute approximate surface area is 161 Å². The molecule has 1 amide bonds. The average Bonchev–Trinajstić information content (AvgIpc) is 3.24. The normalized spacial score (nSPS) is 21.4. The Kier molecular flexibility index (Phi) is 5.61. The molecule has 1 aliphatic heterocycles. The minimum absolute atomic E-state index is 0.00961. The van der Waals surface area contributed by atoms with Gasteiger partial charge in [0, 0.05) is 24.2 Å². The SMILES string of the molecule is CCC1CCCCN1C(=O)c1cc(-c2ccc(C3CCCCC3)cc2)on1. The van der Waals surface area contributed by atoms with E-state index >= 15 is 0 Å². The van der Waals surface area contributed by atoms with E-state index in [2.05, 4.69) is 36.3 Å². The predicted molar refractivity (Wildman–Crippen MR) is 107 cm³/mol. The minimum Gasteiger partial charge on any atom is -0.355 e. The summed E-state index contributed by atoms with van der Waals surface area (Å²) in [5, 5.41) is 4.08. The molecule has 0 N–H and O–H groups in total. The van der Waals surface area contributed by atoms with Crippen molar-refractivity contribution in [3.8, 4) is 11.3 Å². The van der Waals surface area contributed by atoms with Crippen molar-refractivity contribution in [1.29, 1.82) is 0 Å². The third kappa shape index (κ3) is 3.95. The molecular formula is C23H30N2O2. The number of piperidine rings is 1. The number of amides is 1. The number of hydrogen-bond donors (Lipinski definition) is 0. The number of hydrogen-bond acceptors (Lipinski definition) is 3. The van der Waals surface area contributed by atoms with Crippen molar-refractivity contribution in [2.75, 3.05) is 6.54 Å². The number of nitrogens with zero attached hydrogens (tertiary/aromatic N) is 2. The number of likely N-dealkylation sites (tertiary alicyclic amines) is 1. The highest BCUT2D eigenvalue weighted by atomic mass is 16.5. The molecule has 0 radical (unpaired) electrons. The van der Waals surface area contributed by atoms with Gasteiger partial charge in [0.05, 0.1) is 0 Å². The smallest absolute Gasteiger partial charge is 0.276 e. The molecular weight excluding hydrogens is 336 g/mol. The summed E-state index contributed by atoms with van der Waals surface area (Å²) < 4.78 is 5.52. The summed E-state index contributed by atoms with van der Waals surface area (Å²) in [6.07, 6.45) is 11.0. The molecule has 1 saturated carbocycles. The number of aromatic nitrogens is 1. The highest BCUT2D eigenvalue weighted by Crippen LogP contribution is 2.33. The first kappa shape index (κ1) is 18.3. The molecule has 1 unspecified atom stereocenters. The van der Waals surface area contributed by atoms with E-state index in [1.165, 1.54) is 44.1 Å². The lowest BCUT2D eigenvalue weighted by Crippen LogP contribution is -2.43. The second-order valence-electron chi connectivity index (χ2n) is 8.09. The zero-order valence-corrected chi connectivity index (χ0v) is 16.3. The van der Waals surface area contributed by atoms with Crippen LogP contribution in [-0.4, -0.2) is 28.6 Å². The van der Waals surface area contributed by atoms with Gasteiger partial charge in [-0.25, -0.2) is 0 Å². The lowest BCUT2D eigenvalue weighted by Gasteiger charge is -2.34. The van der Waals surface area contributed by atoms with Crippen molar-refractivity contribution in [2.24, 2.45) is 0 Å². The molecule has 0 bridgehead atoms. The monoisotopic (exact) mass is 366 g/mol. The second kappa shape index (κ2) is 8.28. The van der Waals surface area contributed by atoms with Gasteiger partial charge in [0.15, 0.2) is 11.5 Å². The van der Waals surface area contributed by atoms with Gasteiger partial charge in [0.25, 0.3) is 5.91 Å². The maximum atomic E-state index is 12.9. The van der Waals surface area contributed by atoms with Crippen LogP contribution in [0, 0.1) is 0 Å². The van der Waals surface area contributed by atoms with Gasteiger partial charge in [-0.3, -0.25) is 4.79 Å². The van der Waals surface area contributed by atoms with Gasteiger partial charge in [0.2, 0.25) is 0 Å².